The summed E-state index contributed by atoms with van der Waals surface area (Å²) >= 11 is 0. The number of hydrogen-bond donors (Lipinski definition) is 3. The van der Waals surface area contributed by atoms with Crippen molar-refractivity contribution in [1.82, 2.24) is 34.9 Å². The topological polar surface area (TPSA) is 146 Å². The summed E-state index contributed by atoms with van der Waals surface area (Å²) in [6.07, 6.45) is 3.93. The van der Waals surface area contributed by atoms with Crippen LogP contribution in [0.4, 0.5) is 15.8 Å². The van der Waals surface area contributed by atoms with Crippen molar-refractivity contribution in [3.8, 4) is 0 Å². The minimum Gasteiger partial charge on any atom is -0.369 e. The minimum absolute atomic E-state index is 0.0263. The van der Waals surface area contributed by atoms with E-state index < -0.39 is 17.6 Å². The highest BCUT2D eigenvalue weighted by molar-refractivity contribution is 6.05. The molecule has 2 saturated heterocycles. The van der Waals surface area contributed by atoms with E-state index in [1.54, 1.807) is 35.3 Å². The molecule has 0 aliphatic carbocycles. The predicted octanol–water partition coefficient (Wildman–Crippen LogP) is 3.82. The minimum atomic E-state index is -0.634. The Bertz CT molecular complexity index is 2200. The van der Waals surface area contributed by atoms with Crippen LogP contribution in [0.1, 0.15) is 69.4 Å². The van der Waals surface area contributed by atoms with Gasteiger partial charge < -0.3 is 20.1 Å². The molecule has 0 spiro atoms. The maximum atomic E-state index is 15.0. The average molecular weight is 704 g/mol. The number of imide groups is 1. The second kappa shape index (κ2) is 13.7. The van der Waals surface area contributed by atoms with E-state index in [-0.39, 0.29) is 35.9 Å². The van der Waals surface area contributed by atoms with E-state index in [0.717, 1.165) is 48.4 Å². The van der Waals surface area contributed by atoms with E-state index in [9.17, 15) is 23.6 Å². The van der Waals surface area contributed by atoms with Gasteiger partial charge in [0.15, 0.2) is 0 Å². The fraction of sp³-hybridized carbons (Fsp3) is 0.316. The maximum absolute atomic E-state index is 15.0. The lowest BCUT2D eigenvalue weighted by Gasteiger charge is -2.36. The number of halogens is 1. The normalized spacial score (nSPS) is 19.3. The Labute approximate surface area is 298 Å². The van der Waals surface area contributed by atoms with E-state index in [0.29, 0.717) is 48.6 Å². The van der Waals surface area contributed by atoms with E-state index in [2.05, 4.69) is 60.1 Å². The van der Waals surface area contributed by atoms with Crippen LogP contribution >= 0.6 is 0 Å². The second-order valence-corrected chi connectivity index (χ2v) is 13.7. The van der Waals surface area contributed by atoms with Crippen molar-refractivity contribution in [2.75, 3.05) is 42.9 Å². The summed E-state index contributed by atoms with van der Waals surface area (Å²) in [5, 5.41) is 13.3. The molecule has 3 aliphatic heterocycles. The molecule has 4 amide bonds. The molecular formula is C38H38FN9O4. The Morgan fingerprint density at radius 1 is 0.962 bits per heavy atom. The summed E-state index contributed by atoms with van der Waals surface area (Å²) in [5.74, 6) is -2.29. The molecular weight excluding hydrogens is 665 g/mol. The van der Waals surface area contributed by atoms with Crippen molar-refractivity contribution >= 4 is 46.0 Å². The van der Waals surface area contributed by atoms with E-state index in [1.807, 2.05) is 23.6 Å². The first-order valence-corrected chi connectivity index (χ1v) is 17.5. The van der Waals surface area contributed by atoms with Crippen LogP contribution in [0.2, 0.25) is 0 Å². The van der Waals surface area contributed by atoms with Crippen LogP contribution in [0, 0.1) is 5.82 Å². The van der Waals surface area contributed by atoms with Crippen molar-refractivity contribution in [2.45, 2.75) is 44.8 Å². The molecule has 2 aromatic carbocycles. The summed E-state index contributed by atoms with van der Waals surface area (Å²) in [4.78, 5) is 58.4. The molecule has 8 rings (SSSR count). The third-order valence-electron chi connectivity index (χ3n) is 10.1. The van der Waals surface area contributed by atoms with Crippen molar-refractivity contribution in [3.05, 3.63) is 107 Å². The SMILES string of the molecule is C[C@@H]1CNC(=O)c2cc3ccc(C(=O)Nc4cnn(Cc5ccc(N6CCN(Cc7ccc(C8CCC(=O)NC8=O)c(F)c7)CC6)cc5)c4)nc3n21. The average Bonchev–Trinajstić information content (AvgIpc) is 3.75. The zero-order valence-electron chi connectivity index (χ0n) is 28.6. The largest absolute Gasteiger partial charge is 0.369 e. The molecule has 1 unspecified atom stereocenters. The third kappa shape index (κ3) is 6.64. The summed E-state index contributed by atoms with van der Waals surface area (Å²) < 4.78 is 18.6. The van der Waals surface area contributed by atoms with Crippen LogP contribution < -0.4 is 20.9 Å². The fourth-order valence-corrected chi connectivity index (χ4v) is 7.34. The molecule has 0 saturated carbocycles. The summed E-state index contributed by atoms with van der Waals surface area (Å²) in [6, 6.07) is 18.7. The molecule has 52 heavy (non-hydrogen) atoms. The standard InChI is InChI=1S/C38H38FN9O4/c1-23-18-40-38(52)33-17-26-5-10-32(43-35(26)48(23)33)37(51)42-27-19-41-47(22-27)21-24-2-6-28(7-3-24)46-14-12-45(13-15-46)20-25-4-8-29(31(39)16-25)30-9-11-34(49)44-36(30)50/h2-8,10,16-17,19,22-23,30H,9,11-15,18,20-21H2,1H3,(H,40,52)(H,42,51)(H,44,49,50)/t23-,30?/m1/s1. The van der Waals surface area contributed by atoms with Gasteiger partial charge in [0.2, 0.25) is 11.8 Å². The molecule has 0 radical (unpaired) electrons. The Morgan fingerprint density at radius 2 is 1.75 bits per heavy atom. The number of nitrogens with one attached hydrogen (secondary N) is 3. The van der Waals surface area contributed by atoms with Crippen molar-refractivity contribution in [3.63, 3.8) is 0 Å². The fourth-order valence-electron chi connectivity index (χ4n) is 7.34. The number of fused-ring (bicyclic) bond motifs is 3. The molecule has 14 heteroatoms. The number of piperidine rings is 1. The van der Waals surface area contributed by atoms with Crippen molar-refractivity contribution in [2.24, 2.45) is 0 Å². The van der Waals surface area contributed by atoms with Crippen LogP contribution in [0.3, 0.4) is 0 Å². The highest BCUT2D eigenvalue weighted by Crippen LogP contribution is 2.29. The van der Waals surface area contributed by atoms with Crippen molar-refractivity contribution < 1.29 is 23.6 Å². The first kappa shape index (κ1) is 33.3. The van der Waals surface area contributed by atoms with E-state index in [4.69, 9.17) is 0 Å². The molecule has 3 aromatic heterocycles. The van der Waals surface area contributed by atoms with Crippen LogP contribution in [0.15, 0.2) is 73.1 Å². The van der Waals surface area contributed by atoms with Gasteiger partial charge in [0.05, 0.1) is 30.4 Å². The van der Waals surface area contributed by atoms with E-state index in [1.165, 1.54) is 6.07 Å². The number of benzene rings is 2. The highest BCUT2D eigenvalue weighted by Gasteiger charge is 2.30. The van der Waals surface area contributed by atoms with Crippen LogP contribution in [-0.2, 0) is 22.7 Å². The van der Waals surface area contributed by atoms with Crippen LogP contribution in [0.5, 0.6) is 0 Å². The van der Waals surface area contributed by atoms with Gasteiger partial charge in [0.1, 0.15) is 22.9 Å². The molecule has 266 valence electrons. The Hall–Kier alpha value is -5.89. The number of nitrogens with zero attached hydrogens (tertiary/aromatic N) is 6. The van der Waals surface area contributed by atoms with Gasteiger partial charge in [-0.1, -0.05) is 24.3 Å². The number of anilines is 2. The summed E-state index contributed by atoms with van der Waals surface area (Å²) in [5.41, 5.74) is 5.34. The number of piperazine rings is 1. The Balaban J connectivity index is 0.831. The van der Waals surface area contributed by atoms with Gasteiger partial charge in [-0.3, -0.25) is 34.1 Å². The monoisotopic (exact) mass is 703 g/mol. The van der Waals surface area contributed by atoms with Gasteiger partial charge >= 0.3 is 0 Å². The molecule has 2 atom stereocenters. The van der Waals surface area contributed by atoms with Gasteiger partial charge in [-0.25, -0.2) is 9.37 Å². The molecule has 13 nitrogen and oxygen atoms in total. The van der Waals surface area contributed by atoms with Gasteiger partial charge in [-0.05, 0) is 60.9 Å². The molecule has 3 aliphatic rings. The third-order valence-corrected chi connectivity index (χ3v) is 10.1. The number of pyridine rings is 1. The van der Waals surface area contributed by atoms with Gasteiger partial charge in [0.25, 0.3) is 11.8 Å². The molecule has 6 heterocycles. The van der Waals surface area contributed by atoms with Crippen LogP contribution in [0.25, 0.3) is 11.0 Å². The van der Waals surface area contributed by atoms with E-state index >= 15 is 0 Å². The molecule has 0 bridgehead atoms. The number of hydrogen-bond acceptors (Lipinski definition) is 8. The van der Waals surface area contributed by atoms with Crippen LogP contribution in [-0.4, -0.2) is 80.6 Å². The highest BCUT2D eigenvalue weighted by atomic mass is 19.1. The number of aromatic nitrogens is 4. The first-order chi connectivity index (χ1) is 25.2. The van der Waals surface area contributed by atoms with Gasteiger partial charge in [0, 0.05) is 68.5 Å². The Morgan fingerprint density at radius 3 is 2.52 bits per heavy atom. The number of amides is 4. The lowest BCUT2D eigenvalue weighted by Crippen LogP contribution is -2.46. The number of carbonyl (C=O) groups is 4. The van der Waals surface area contributed by atoms with Gasteiger partial charge in [-0.2, -0.15) is 5.10 Å². The summed E-state index contributed by atoms with van der Waals surface area (Å²) in [7, 11) is 0. The zero-order chi connectivity index (χ0) is 35.9. The lowest BCUT2D eigenvalue weighted by molar-refractivity contribution is -0.134. The van der Waals surface area contributed by atoms with Crippen molar-refractivity contribution in [1.29, 1.82) is 0 Å². The second-order valence-electron chi connectivity index (χ2n) is 13.7. The molecule has 3 N–H and O–H groups in total. The number of carbonyl (C=O) groups excluding carboxylic acids is 4. The number of rotatable bonds is 8. The lowest BCUT2D eigenvalue weighted by atomic mass is 9.89. The maximum Gasteiger partial charge on any atom is 0.274 e. The predicted molar refractivity (Wildman–Crippen MR) is 192 cm³/mol. The summed E-state index contributed by atoms with van der Waals surface area (Å²) in [6.45, 7) is 6.98. The Kier molecular flexibility index (Phi) is 8.75. The molecule has 2 fully saturated rings. The van der Waals surface area contributed by atoms with Gasteiger partial charge in [-0.15, -0.1) is 0 Å². The first-order valence-electron chi connectivity index (χ1n) is 17.5. The smallest absolute Gasteiger partial charge is 0.274 e. The quantitative estimate of drug-likeness (QED) is 0.207. The zero-order valence-corrected chi connectivity index (χ0v) is 28.6. The molecule has 5 aromatic rings.